The Balaban J connectivity index is 1.64. The van der Waals surface area contributed by atoms with Crippen LogP contribution < -0.4 is 10.6 Å². The minimum atomic E-state index is -0.509. The molecule has 0 radical (unpaired) electrons. The molecular weight excluding hydrogens is 320 g/mol. The third kappa shape index (κ3) is 3.62. The highest BCUT2D eigenvalue weighted by molar-refractivity contribution is 7.15. The first kappa shape index (κ1) is 16.2. The molecule has 1 amide bonds. The van der Waals surface area contributed by atoms with Crippen LogP contribution in [0.1, 0.15) is 10.4 Å². The van der Waals surface area contributed by atoms with Crippen LogP contribution in [0.15, 0.2) is 36.4 Å². The van der Waals surface area contributed by atoms with Crippen LogP contribution in [-0.2, 0) is 11.2 Å². The molecule has 3 rings (SSSR count). The smallest absolute Gasteiger partial charge is 0.226 e. The Bertz CT molecular complexity index is 809. The lowest BCUT2D eigenvalue weighted by atomic mass is 10.0. The monoisotopic (exact) mass is 336 g/mol. The van der Waals surface area contributed by atoms with Gasteiger partial charge in [0.2, 0.25) is 5.91 Å². The van der Waals surface area contributed by atoms with Gasteiger partial charge in [-0.25, -0.2) is 0 Å². The average molecular weight is 336 g/mol. The van der Waals surface area contributed by atoms with Crippen LogP contribution in [0, 0.1) is 28.6 Å². The number of thiophene rings is 1. The van der Waals surface area contributed by atoms with E-state index in [4.69, 9.17) is 5.26 Å². The van der Waals surface area contributed by atoms with Crippen LogP contribution in [0.4, 0.5) is 0 Å². The van der Waals surface area contributed by atoms with E-state index in [1.165, 1.54) is 0 Å². The van der Waals surface area contributed by atoms with Crippen LogP contribution in [0.3, 0.4) is 0 Å². The van der Waals surface area contributed by atoms with Crippen molar-refractivity contribution in [3.63, 3.8) is 0 Å². The maximum atomic E-state index is 11.9. The molecule has 2 aromatic rings. The van der Waals surface area contributed by atoms with Gasteiger partial charge in [-0.3, -0.25) is 4.79 Å². The number of carbonyl (C=O) groups is 1. The summed E-state index contributed by atoms with van der Waals surface area (Å²) in [4.78, 5) is 14.1. The zero-order valence-corrected chi connectivity index (χ0v) is 13.8. The molecule has 5 nitrogen and oxygen atoms in total. The fraction of sp³-hybridized carbons (Fsp3) is 0.278. The third-order valence-electron chi connectivity index (χ3n) is 3.99. The fourth-order valence-electron chi connectivity index (χ4n) is 2.45. The molecule has 24 heavy (non-hydrogen) atoms. The van der Waals surface area contributed by atoms with Gasteiger partial charge in [0.25, 0.3) is 0 Å². The van der Waals surface area contributed by atoms with E-state index in [2.05, 4.69) is 22.8 Å². The minimum Gasteiger partial charge on any atom is -0.340 e. The molecule has 2 N–H and O–H groups in total. The largest absolute Gasteiger partial charge is 0.340 e. The molecule has 1 aliphatic heterocycles. The van der Waals surface area contributed by atoms with E-state index in [9.17, 15) is 10.1 Å². The first-order valence-corrected chi connectivity index (χ1v) is 8.51. The van der Waals surface area contributed by atoms with Gasteiger partial charge in [-0.15, -0.1) is 11.3 Å². The van der Waals surface area contributed by atoms with Crippen molar-refractivity contribution in [1.29, 1.82) is 10.5 Å². The SMILES string of the molecule is N#Cc1ccc(-c2ccc(C[C@@H](C#N)NC(=O)C3CNC3)s2)cc1. The quantitative estimate of drug-likeness (QED) is 0.875. The third-order valence-corrected chi connectivity index (χ3v) is 5.15. The number of rotatable bonds is 5. The summed E-state index contributed by atoms with van der Waals surface area (Å²) in [5, 5.41) is 24.0. The van der Waals surface area contributed by atoms with Gasteiger partial charge in [0, 0.05) is 29.3 Å². The Hall–Kier alpha value is -2.67. The number of hydrogen-bond donors (Lipinski definition) is 2. The van der Waals surface area contributed by atoms with Crippen molar-refractivity contribution in [2.24, 2.45) is 5.92 Å². The second kappa shape index (κ2) is 7.27. The molecule has 1 aliphatic rings. The van der Waals surface area contributed by atoms with Crippen molar-refractivity contribution in [3.8, 4) is 22.6 Å². The lowest BCUT2D eigenvalue weighted by Gasteiger charge is -2.26. The van der Waals surface area contributed by atoms with E-state index in [1.807, 2.05) is 24.3 Å². The maximum Gasteiger partial charge on any atom is 0.226 e. The molecule has 0 saturated carbocycles. The molecule has 1 atom stereocenters. The summed E-state index contributed by atoms with van der Waals surface area (Å²) in [6, 6.07) is 15.2. The predicted molar refractivity (Wildman–Crippen MR) is 92.1 cm³/mol. The number of nitrogens with zero attached hydrogens (tertiary/aromatic N) is 2. The lowest BCUT2D eigenvalue weighted by Crippen LogP contribution is -2.52. The van der Waals surface area contributed by atoms with Gasteiger partial charge in [-0.1, -0.05) is 12.1 Å². The Morgan fingerprint density at radius 1 is 1.25 bits per heavy atom. The summed E-state index contributed by atoms with van der Waals surface area (Å²) in [7, 11) is 0. The number of nitrogens with one attached hydrogen (secondary N) is 2. The number of benzene rings is 1. The van der Waals surface area contributed by atoms with Crippen molar-refractivity contribution in [1.82, 2.24) is 10.6 Å². The van der Waals surface area contributed by atoms with Crippen LogP contribution in [0.5, 0.6) is 0 Å². The molecule has 1 saturated heterocycles. The fourth-order valence-corrected chi connectivity index (χ4v) is 3.50. The summed E-state index contributed by atoms with van der Waals surface area (Å²) in [6.45, 7) is 1.37. The van der Waals surface area contributed by atoms with Crippen LogP contribution in [0.2, 0.25) is 0 Å². The first-order valence-electron chi connectivity index (χ1n) is 7.69. The van der Waals surface area contributed by atoms with E-state index in [0.717, 1.165) is 15.3 Å². The lowest BCUT2D eigenvalue weighted by molar-refractivity contribution is -0.126. The maximum absolute atomic E-state index is 11.9. The number of amides is 1. The molecule has 0 bridgehead atoms. The van der Waals surface area contributed by atoms with Gasteiger partial charge in [-0.2, -0.15) is 10.5 Å². The summed E-state index contributed by atoms with van der Waals surface area (Å²) < 4.78 is 0. The zero-order valence-electron chi connectivity index (χ0n) is 13.0. The van der Waals surface area contributed by atoms with Crippen molar-refractivity contribution < 1.29 is 4.79 Å². The molecule has 0 unspecified atom stereocenters. The highest BCUT2D eigenvalue weighted by Gasteiger charge is 2.26. The summed E-state index contributed by atoms with van der Waals surface area (Å²) >= 11 is 1.60. The average Bonchev–Trinajstić information content (AvgIpc) is 3.01. The van der Waals surface area contributed by atoms with Gasteiger partial charge in [0.15, 0.2) is 0 Å². The summed E-state index contributed by atoms with van der Waals surface area (Å²) in [5.41, 5.74) is 1.68. The predicted octanol–water partition coefficient (Wildman–Crippen LogP) is 2.06. The standard InChI is InChI=1S/C18H16N4OS/c19-8-12-1-3-13(4-2-12)17-6-5-16(24-17)7-15(9-20)22-18(23)14-10-21-11-14/h1-6,14-15,21H,7,10-11H2,(H,22,23)/t15-/m0/s1. The van der Waals surface area contributed by atoms with Crippen LogP contribution >= 0.6 is 11.3 Å². The Kier molecular flexibility index (Phi) is 4.90. The molecule has 6 heteroatoms. The van der Waals surface area contributed by atoms with Crippen molar-refractivity contribution in [2.75, 3.05) is 13.1 Å². The van der Waals surface area contributed by atoms with Crippen molar-refractivity contribution in [3.05, 3.63) is 46.8 Å². The molecule has 1 aromatic heterocycles. The summed E-state index contributed by atoms with van der Waals surface area (Å²) in [5.74, 6) is -0.0671. The molecule has 1 aromatic carbocycles. The van der Waals surface area contributed by atoms with Crippen LogP contribution in [0.25, 0.3) is 10.4 Å². The van der Waals surface area contributed by atoms with E-state index in [-0.39, 0.29) is 11.8 Å². The molecular formula is C18H16N4OS. The Morgan fingerprint density at radius 2 is 2.00 bits per heavy atom. The van der Waals surface area contributed by atoms with Crippen LogP contribution in [-0.4, -0.2) is 25.0 Å². The molecule has 2 heterocycles. The first-order chi connectivity index (χ1) is 11.7. The Morgan fingerprint density at radius 3 is 2.58 bits per heavy atom. The van der Waals surface area contributed by atoms with Crippen molar-refractivity contribution >= 4 is 17.2 Å². The van der Waals surface area contributed by atoms with Gasteiger partial charge in [0.05, 0.1) is 23.6 Å². The van der Waals surface area contributed by atoms with Gasteiger partial charge < -0.3 is 10.6 Å². The second-order valence-electron chi connectivity index (χ2n) is 5.70. The van der Waals surface area contributed by atoms with Gasteiger partial charge >= 0.3 is 0 Å². The number of nitriles is 2. The highest BCUT2D eigenvalue weighted by atomic mass is 32.1. The normalized spacial score (nSPS) is 14.9. The van der Waals surface area contributed by atoms with Gasteiger partial charge in [-0.05, 0) is 29.8 Å². The Labute approximate surface area is 144 Å². The minimum absolute atomic E-state index is 0.0154. The van der Waals surface area contributed by atoms with E-state index in [0.29, 0.717) is 25.1 Å². The second-order valence-corrected chi connectivity index (χ2v) is 6.87. The highest BCUT2D eigenvalue weighted by Crippen LogP contribution is 2.29. The molecule has 0 aliphatic carbocycles. The molecule has 120 valence electrons. The molecule has 0 spiro atoms. The number of hydrogen-bond acceptors (Lipinski definition) is 5. The topological polar surface area (TPSA) is 88.7 Å². The number of carbonyl (C=O) groups excluding carboxylic acids is 1. The van der Waals surface area contributed by atoms with E-state index in [1.54, 1.807) is 23.5 Å². The van der Waals surface area contributed by atoms with Gasteiger partial charge in [0.1, 0.15) is 6.04 Å². The van der Waals surface area contributed by atoms with E-state index >= 15 is 0 Å². The molecule has 1 fully saturated rings. The van der Waals surface area contributed by atoms with E-state index < -0.39 is 6.04 Å². The summed E-state index contributed by atoms with van der Waals surface area (Å²) in [6.07, 6.45) is 0.503. The van der Waals surface area contributed by atoms with Crippen molar-refractivity contribution in [2.45, 2.75) is 12.5 Å². The zero-order chi connectivity index (χ0) is 16.9.